The van der Waals surface area contributed by atoms with Gasteiger partial charge in [0.2, 0.25) is 10.0 Å². The Bertz CT molecular complexity index is 1070. The Morgan fingerprint density at radius 3 is 2.21 bits per heavy atom. The van der Waals surface area contributed by atoms with Crippen molar-refractivity contribution in [1.29, 1.82) is 0 Å². The molecule has 2 aromatic rings. The maximum Gasteiger partial charge on any atom is 0.341 e. The Labute approximate surface area is 193 Å². The van der Waals surface area contributed by atoms with Gasteiger partial charge < -0.3 is 14.4 Å². The lowest BCUT2D eigenvalue weighted by Gasteiger charge is -2.19. The van der Waals surface area contributed by atoms with Crippen molar-refractivity contribution in [2.24, 2.45) is 0 Å². The molecule has 0 aliphatic carbocycles. The van der Waals surface area contributed by atoms with E-state index in [2.05, 4.69) is 0 Å². The number of hydrogen-bond acceptors (Lipinski definition) is 6. The fraction of sp³-hybridized carbons (Fsp3) is 0.391. The molecule has 0 aliphatic rings. The summed E-state index contributed by atoms with van der Waals surface area (Å²) in [4.78, 5) is 25.9. The van der Waals surface area contributed by atoms with Crippen LogP contribution >= 0.6 is 0 Å². The van der Waals surface area contributed by atoms with Gasteiger partial charge in [-0.1, -0.05) is 26.0 Å². The van der Waals surface area contributed by atoms with Gasteiger partial charge in [-0.05, 0) is 42.8 Å². The quantitative estimate of drug-likeness (QED) is 0.459. The third-order valence-corrected chi connectivity index (χ3v) is 6.95. The van der Waals surface area contributed by atoms with E-state index in [0.29, 0.717) is 6.61 Å². The van der Waals surface area contributed by atoms with E-state index in [1.807, 2.05) is 19.1 Å². The molecule has 0 aliphatic heterocycles. The predicted octanol–water partition coefficient (Wildman–Crippen LogP) is 3.07. The van der Waals surface area contributed by atoms with Gasteiger partial charge in [-0.25, -0.2) is 17.6 Å². The highest BCUT2D eigenvalue weighted by atomic mass is 32.2. The van der Waals surface area contributed by atoms with Crippen molar-refractivity contribution in [3.05, 3.63) is 59.4 Å². The van der Waals surface area contributed by atoms with Crippen LogP contribution in [-0.4, -0.2) is 62.9 Å². The molecule has 0 fully saturated rings. The molecule has 8 nitrogen and oxygen atoms in total. The van der Waals surface area contributed by atoms with Gasteiger partial charge in [0.25, 0.3) is 5.91 Å². The van der Waals surface area contributed by atoms with Crippen molar-refractivity contribution in [1.82, 2.24) is 9.21 Å². The first kappa shape index (κ1) is 26.3. The third kappa shape index (κ3) is 6.75. The second kappa shape index (κ2) is 11.8. The van der Waals surface area contributed by atoms with Crippen molar-refractivity contribution < 1.29 is 31.9 Å². The Morgan fingerprint density at radius 2 is 1.64 bits per heavy atom. The Balaban J connectivity index is 2.04. The second-order valence-corrected chi connectivity index (χ2v) is 9.07. The number of amides is 1. The number of halogens is 1. The summed E-state index contributed by atoms with van der Waals surface area (Å²) in [6, 6.07) is 10.1. The molecule has 0 bridgehead atoms. The molecule has 0 N–H and O–H groups in total. The van der Waals surface area contributed by atoms with Gasteiger partial charge in [-0.15, -0.1) is 0 Å². The van der Waals surface area contributed by atoms with E-state index in [1.54, 1.807) is 33.0 Å². The van der Waals surface area contributed by atoms with Gasteiger partial charge in [0.15, 0.2) is 6.61 Å². The molecule has 2 aromatic carbocycles. The minimum atomic E-state index is -3.89. The molecule has 2 rings (SSSR count). The number of rotatable bonds is 11. The van der Waals surface area contributed by atoms with Crippen molar-refractivity contribution >= 4 is 21.9 Å². The summed E-state index contributed by atoms with van der Waals surface area (Å²) in [6.45, 7) is 5.90. The van der Waals surface area contributed by atoms with Crippen LogP contribution in [-0.2, 0) is 26.1 Å². The molecule has 0 saturated carbocycles. The number of carbonyl (C=O) groups excluding carboxylic acids is 2. The molecule has 1 amide bonds. The molecule has 0 heterocycles. The number of sulfonamides is 1. The van der Waals surface area contributed by atoms with Crippen LogP contribution in [0.25, 0.3) is 0 Å². The van der Waals surface area contributed by atoms with E-state index in [1.165, 1.54) is 9.21 Å². The fourth-order valence-electron chi connectivity index (χ4n) is 3.07. The van der Waals surface area contributed by atoms with Gasteiger partial charge in [0.1, 0.15) is 11.6 Å². The maximum absolute atomic E-state index is 14.2. The van der Waals surface area contributed by atoms with E-state index < -0.39 is 39.9 Å². The van der Waals surface area contributed by atoms with Gasteiger partial charge in [0.05, 0.1) is 17.1 Å². The van der Waals surface area contributed by atoms with Crippen LogP contribution in [0.15, 0.2) is 47.4 Å². The average molecular weight is 481 g/mol. The summed E-state index contributed by atoms with van der Waals surface area (Å²) in [6.07, 6.45) is 0. The van der Waals surface area contributed by atoms with Crippen molar-refractivity contribution in [3.8, 4) is 5.75 Å². The monoisotopic (exact) mass is 480 g/mol. The minimum absolute atomic E-state index is 0.224. The van der Waals surface area contributed by atoms with E-state index in [4.69, 9.17) is 9.47 Å². The molecule has 0 aromatic heterocycles. The zero-order valence-electron chi connectivity index (χ0n) is 19.2. The van der Waals surface area contributed by atoms with E-state index >= 15 is 0 Å². The van der Waals surface area contributed by atoms with Crippen LogP contribution in [0.2, 0.25) is 0 Å². The first-order valence-electron chi connectivity index (χ1n) is 10.6. The maximum atomic E-state index is 14.2. The molecule has 33 heavy (non-hydrogen) atoms. The molecule has 0 saturated heterocycles. The van der Waals surface area contributed by atoms with Crippen molar-refractivity contribution in [2.75, 3.05) is 33.4 Å². The summed E-state index contributed by atoms with van der Waals surface area (Å²) < 4.78 is 51.0. The highest BCUT2D eigenvalue weighted by Crippen LogP contribution is 2.20. The molecule has 0 unspecified atom stereocenters. The zero-order chi connectivity index (χ0) is 24.6. The van der Waals surface area contributed by atoms with Crippen LogP contribution in [0, 0.1) is 5.82 Å². The smallest absolute Gasteiger partial charge is 0.341 e. The van der Waals surface area contributed by atoms with Gasteiger partial charge in [-0.3, -0.25) is 4.79 Å². The van der Waals surface area contributed by atoms with Crippen LogP contribution in [0.3, 0.4) is 0 Å². The molecule has 0 atom stereocenters. The molecule has 180 valence electrons. The number of nitrogens with zero attached hydrogens (tertiary/aromatic N) is 2. The Hall–Kier alpha value is -2.98. The lowest BCUT2D eigenvalue weighted by atomic mass is 10.2. The lowest BCUT2D eigenvalue weighted by molar-refractivity contribution is -0.133. The number of carbonyl (C=O) groups is 2. The highest BCUT2D eigenvalue weighted by Gasteiger charge is 2.25. The lowest BCUT2D eigenvalue weighted by Crippen LogP contribution is -2.31. The van der Waals surface area contributed by atoms with E-state index in [-0.39, 0.29) is 24.5 Å². The first-order valence-corrected chi connectivity index (χ1v) is 12.0. The number of hydrogen-bond donors (Lipinski definition) is 0. The molecule has 10 heteroatoms. The molecular formula is C23H29FN2O6S. The van der Waals surface area contributed by atoms with E-state index in [9.17, 15) is 22.4 Å². The van der Waals surface area contributed by atoms with Gasteiger partial charge in [0, 0.05) is 26.7 Å². The topological polar surface area (TPSA) is 93.2 Å². The summed E-state index contributed by atoms with van der Waals surface area (Å²) in [5.41, 5.74) is 0.297. The minimum Gasteiger partial charge on any atom is -0.494 e. The van der Waals surface area contributed by atoms with Gasteiger partial charge >= 0.3 is 5.97 Å². The summed E-state index contributed by atoms with van der Waals surface area (Å²) in [5, 5.41) is 0. The summed E-state index contributed by atoms with van der Waals surface area (Å²) >= 11 is 0. The van der Waals surface area contributed by atoms with Crippen LogP contribution in [0.1, 0.15) is 36.7 Å². The fourth-order valence-corrected chi connectivity index (χ4v) is 4.55. The number of benzene rings is 2. The van der Waals surface area contributed by atoms with Crippen LogP contribution < -0.4 is 4.74 Å². The van der Waals surface area contributed by atoms with Crippen LogP contribution in [0.4, 0.5) is 4.39 Å². The predicted molar refractivity (Wildman–Crippen MR) is 121 cm³/mol. The molecule has 0 radical (unpaired) electrons. The summed E-state index contributed by atoms with van der Waals surface area (Å²) in [7, 11) is -2.34. The van der Waals surface area contributed by atoms with Crippen molar-refractivity contribution in [2.45, 2.75) is 32.2 Å². The Morgan fingerprint density at radius 1 is 1.00 bits per heavy atom. The Kier molecular flexibility index (Phi) is 9.36. The second-order valence-electron chi connectivity index (χ2n) is 7.13. The third-order valence-electron chi connectivity index (χ3n) is 4.91. The standard InChI is InChI=1S/C23H29FN2O6S/c1-5-26(6-2)33(29,30)19-12-13-21(24)20(14-19)23(28)32-16-22(27)25(4)15-17-8-10-18(11-9-17)31-7-3/h8-14H,5-7,15-16H2,1-4H3. The number of ether oxygens (including phenoxy) is 2. The SMILES string of the molecule is CCOc1ccc(CN(C)C(=O)COC(=O)c2cc(S(=O)(=O)N(CC)CC)ccc2F)cc1. The highest BCUT2D eigenvalue weighted by molar-refractivity contribution is 7.89. The van der Waals surface area contributed by atoms with Gasteiger partial charge in [-0.2, -0.15) is 4.31 Å². The normalized spacial score (nSPS) is 11.3. The first-order chi connectivity index (χ1) is 15.6. The largest absolute Gasteiger partial charge is 0.494 e. The molecule has 0 spiro atoms. The summed E-state index contributed by atoms with van der Waals surface area (Å²) in [5.74, 6) is -1.83. The van der Waals surface area contributed by atoms with Crippen molar-refractivity contribution in [3.63, 3.8) is 0 Å². The number of likely N-dealkylation sites (N-methyl/N-ethyl adjacent to an activating group) is 1. The zero-order valence-corrected chi connectivity index (χ0v) is 20.0. The van der Waals surface area contributed by atoms with E-state index in [0.717, 1.165) is 29.5 Å². The average Bonchev–Trinajstić information content (AvgIpc) is 2.79. The number of esters is 1. The van der Waals surface area contributed by atoms with Crippen LogP contribution in [0.5, 0.6) is 5.75 Å². The molecular weight excluding hydrogens is 451 g/mol.